The molecule has 1 amide bonds. The summed E-state index contributed by atoms with van der Waals surface area (Å²) in [5.41, 5.74) is 3.24. The summed E-state index contributed by atoms with van der Waals surface area (Å²) in [6, 6.07) is 12.8. The molecule has 1 aromatic carbocycles. The summed E-state index contributed by atoms with van der Waals surface area (Å²) in [7, 11) is 0. The van der Waals surface area contributed by atoms with E-state index in [0.29, 0.717) is 17.0 Å². The normalized spacial score (nSPS) is 17.0. The predicted molar refractivity (Wildman–Crippen MR) is 102 cm³/mol. The van der Waals surface area contributed by atoms with Gasteiger partial charge in [-0.25, -0.2) is 9.97 Å². The second kappa shape index (κ2) is 8.48. The van der Waals surface area contributed by atoms with Crippen molar-refractivity contribution in [3.63, 3.8) is 0 Å². The fraction of sp³-hybridized carbons (Fsp3) is 0.450. The zero-order valence-electron chi connectivity index (χ0n) is 14.9. The molecule has 1 aliphatic rings. The van der Waals surface area contributed by atoms with E-state index in [2.05, 4.69) is 39.1 Å². The van der Waals surface area contributed by atoms with Crippen LogP contribution in [0.4, 0.5) is 0 Å². The molecule has 1 aliphatic heterocycles. The minimum atomic E-state index is 0.211. The number of benzene rings is 1. The topological polar surface area (TPSA) is 46.1 Å². The number of carbonyl (C=O) groups excluding carboxylic acids is 1. The molecule has 2 aromatic rings. The Morgan fingerprint density at radius 1 is 1.20 bits per heavy atom. The molecule has 0 radical (unpaired) electrons. The van der Waals surface area contributed by atoms with Gasteiger partial charge in [-0.05, 0) is 51.2 Å². The van der Waals surface area contributed by atoms with Crippen LogP contribution in [0.3, 0.4) is 0 Å². The average Bonchev–Trinajstić information content (AvgIpc) is 3.07. The third kappa shape index (κ3) is 5.05. The van der Waals surface area contributed by atoms with Gasteiger partial charge in [-0.2, -0.15) is 0 Å². The SMILES string of the molecule is Cc1cc(C)nc(SCC(=O)N2CCCC2CCc2ccccc2)n1. The molecule has 3 rings (SSSR count). The zero-order valence-corrected chi connectivity index (χ0v) is 15.8. The molecule has 0 saturated carbocycles. The van der Waals surface area contributed by atoms with Crippen LogP contribution in [0.1, 0.15) is 36.2 Å². The molecular weight excluding hydrogens is 330 g/mol. The summed E-state index contributed by atoms with van der Waals surface area (Å²) in [5.74, 6) is 0.633. The summed E-state index contributed by atoms with van der Waals surface area (Å²) in [6.07, 6.45) is 4.29. The molecule has 25 heavy (non-hydrogen) atoms. The van der Waals surface area contributed by atoms with Crippen LogP contribution < -0.4 is 0 Å². The van der Waals surface area contributed by atoms with Crippen LogP contribution in [0.5, 0.6) is 0 Å². The maximum Gasteiger partial charge on any atom is 0.233 e. The Morgan fingerprint density at radius 2 is 1.92 bits per heavy atom. The molecule has 5 heteroatoms. The predicted octanol–water partition coefficient (Wildman–Crippen LogP) is 3.81. The van der Waals surface area contributed by atoms with Crippen LogP contribution in [-0.2, 0) is 11.2 Å². The first-order valence-corrected chi connectivity index (χ1v) is 9.89. The number of aryl methyl sites for hydroxylation is 3. The highest BCUT2D eigenvalue weighted by Crippen LogP contribution is 2.24. The highest BCUT2D eigenvalue weighted by atomic mass is 32.2. The summed E-state index contributed by atoms with van der Waals surface area (Å²) in [5, 5.41) is 0.700. The van der Waals surface area contributed by atoms with Gasteiger partial charge in [0.2, 0.25) is 5.91 Å². The molecule has 132 valence electrons. The molecule has 1 atom stereocenters. The summed E-state index contributed by atoms with van der Waals surface area (Å²) in [6.45, 7) is 4.80. The Balaban J connectivity index is 1.53. The van der Waals surface area contributed by atoms with E-state index in [1.54, 1.807) is 0 Å². The van der Waals surface area contributed by atoms with Gasteiger partial charge in [0.25, 0.3) is 0 Å². The standard InChI is InChI=1S/C20H25N3OS/c1-15-13-16(2)22-20(21-15)25-14-19(24)23-12-6-9-18(23)11-10-17-7-4-3-5-8-17/h3-5,7-8,13,18H,6,9-12,14H2,1-2H3. The Bertz CT molecular complexity index is 700. The van der Waals surface area contributed by atoms with Crippen molar-refractivity contribution in [1.82, 2.24) is 14.9 Å². The number of hydrogen-bond donors (Lipinski definition) is 0. The molecule has 4 nitrogen and oxygen atoms in total. The molecule has 0 N–H and O–H groups in total. The van der Waals surface area contributed by atoms with Gasteiger partial charge in [0.1, 0.15) is 0 Å². The van der Waals surface area contributed by atoms with E-state index in [0.717, 1.165) is 43.6 Å². The summed E-state index contributed by atoms with van der Waals surface area (Å²) in [4.78, 5) is 23.5. The van der Waals surface area contributed by atoms with Crippen molar-refractivity contribution in [2.45, 2.75) is 50.7 Å². The zero-order chi connectivity index (χ0) is 17.6. The molecule has 0 aliphatic carbocycles. The Labute approximate surface area is 154 Å². The van der Waals surface area contributed by atoms with Crippen molar-refractivity contribution in [2.75, 3.05) is 12.3 Å². The first kappa shape index (κ1) is 17.9. The Kier molecular flexibility index (Phi) is 6.08. The fourth-order valence-corrected chi connectivity index (χ4v) is 4.24. The Hall–Kier alpha value is -1.88. The number of rotatable bonds is 6. The maximum absolute atomic E-state index is 12.7. The lowest BCUT2D eigenvalue weighted by molar-refractivity contribution is -0.129. The molecule has 2 heterocycles. The molecule has 0 spiro atoms. The average molecular weight is 356 g/mol. The third-order valence-corrected chi connectivity index (χ3v) is 5.43. The highest BCUT2D eigenvalue weighted by molar-refractivity contribution is 7.99. The van der Waals surface area contributed by atoms with E-state index in [1.165, 1.54) is 17.3 Å². The van der Waals surface area contributed by atoms with Gasteiger partial charge in [0.15, 0.2) is 5.16 Å². The minimum absolute atomic E-state index is 0.211. The van der Waals surface area contributed by atoms with Crippen LogP contribution in [0.25, 0.3) is 0 Å². The van der Waals surface area contributed by atoms with E-state index in [1.807, 2.05) is 26.0 Å². The highest BCUT2D eigenvalue weighted by Gasteiger charge is 2.28. The molecule has 1 unspecified atom stereocenters. The number of thioether (sulfide) groups is 1. The monoisotopic (exact) mass is 355 g/mol. The lowest BCUT2D eigenvalue weighted by Gasteiger charge is -2.24. The molecule has 1 saturated heterocycles. The molecular formula is C20H25N3OS. The second-order valence-electron chi connectivity index (χ2n) is 6.63. The van der Waals surface area contributed by atoms with Crippen LogP contribution in [0.15, 0.2) is 41.6 Å². The van der Waals surface area contributed by atoms with E-state index in [4.69, 9.17) is 0 Å². The van der Waals surface area contributed by atoms with Crippen molar-refractivity contribution in [3.8, 4) is 0 Å². The minimum Gasteiger partial charge on any atom is -0.339 e. The van der Waals surface area contributed by atoms with E-state index in [9.17, 15) is 4.79 Å². The maximum atomic E-state index is 12.7. The van der Waals surface area contributed by atoms with E-state index >= 15 is 0 Å². The van der Waals surface area contributed by atoms with Crippen molar-refractivity contribution in [1.29, 1.82) is 0 Å². The lowest BCUT2D eigenvalue weighted by Crippen LogP contribution is -2.37. The molecule has 1 fully saturated rings. The second-order valence-corrected chi connectivity index (χ2v) is 7.57. The van der Waals surface area contributed by atoms with E-state index in [-0.39, 0.29) is 5.91 Å². The fourth-order valence-electron chi connectivity index (χ4n) is 3.41. The van der Waals surface area contributed by atoms with Gasteiger partial charge >= 0.3 is 0 Å². The van der Waals surface area contributed by atoms with Gasteiger partial charge in [-0.1, -0.05) is 42.1 Å². The van der Waals surface area contributed by atoms with Gasteiger partial charge in [0.05, 0.1) is 5.75 Å². The third-order valence-electron chi connectivity index (χ3n) is 4.59. The van der Waals surface area contributed by atoms with Gasteiger partial charge < -0.3 is 4.90 Å². The molecule has 1 aromatic heterocycles. The first-order valence-electron chi connectivity index (χ1n) is 8.90. The van der Waals surface area contributed by atoms with Gasteiger partial charge in [0, 0.05) is 24.0 Å². The summed E-state index contributed by atoms with van der Waals surface area (Å²) < 4.78 is 0. The van der Waals surface area contributed by atoms with E-state index < -0.39 is 0 Å². The first-order chi connectivity index (χ1) is 12.1. The van der Waals surface area contributed by atoms with Crippen molar-refractivity contribution in [3.05, 3.63) is 53.3 Å². The van der Waals surface area contributed by atoms with Gasteiger partial charge in [-0.15, -0.1) is 0 Å². The van der Waals surface area contributed by atoms with Crippen molar-refractivity contribution >= 4 is 17.7 Å². The van der Waals surface area contributed by atoms with Crippen LogP contribution >= 0.6 is 11.8 Å². The number of nitrogens with zero attached hydrogens (tertiary/aromatic N) is 3. The van der Waals surface area contributed by atoms with Crippen molar-refractivity contribution < 1.29 is 4.79 Å². The van der Waals surface area contributed by atoms with Crippen LogP contribution in [-0.4, -0.2) is 39.1 Å². The lowest BCUT2D eigenvalue weighted by atomic mass is 10.0. The smallest absolute Gasteiger partial charge is 0.233 e. The number of hydrogen-bond acceptors (Lipinski definition) is 4. The Morgan fingerprint density at radius 3 is 2.64 bits per heavy atom. The number of likely N-dealkylation sites (tertiary alicyclic amines) is 1. The largest absolute Gasteiger partial charge is 0.339 e. The van der Waals surface area contributed by atoms with Crippen molar-refractivity contribution in [2.24, 2.45) is 0 Å². The van der Waals surface area contributed by atoms with Crippen LogP contribution in [0.2, 0.25) is 0 Å². The quantitative estimate of drug-likeness (QED) is 0.584. The van der Waals surface area contributed by atoms with Crippen LogP contribution in [0, 0.1) is 13.8 Å². The number of carbonyl (C=O) groups is 1. The number of amides is 1. The van der Waals surface area contributed by atoms with Gasteiger partial charge in [-0.3, -0.25) is 4.79 Å². The summed E-state index contributed by atoms with van der Waals surface area (Å²) >= 11 is 1.45. The number of aromatic nitrogens is 2. The molecule has 0 bridgehead atoms.